The summed E-state index contributed by atoms with van der Waals surface area (Å²) in [7, 11) is 0. The largest absolute Gasteiger partial charge is 0.477 e. The fourth-order valence-electron chi connectivity index (χ4n) is 5.84. The van der Waals surface area contributed by atoms with Gasteiger partial charge in [-0.1, -0.05) is 32.9 Å². The molecule has 1 aromatic carbocycles. The smallest absolute Gasteiger partial charge is 0.341 e. The van der Waals surface area contributed by atoms with Crippen molar-refractivity contribution in [1.82, 2.24) is 19.4 Å². The highest BCUT2D eigenvalue weighted by atomic mass is 16.4. The molecule has 2 fully saturated rings. The van der Waals surface area contributed by atoms with Crippen LogP contribution in [0.1, 0.15) is 87.2 Å². The number of aromatic nitrogens is 3. The number of carboxylic acid groups (broad SMARTS) is 1. The van der Waals surface area contributed by atoms with E-state index in [0.29, 0.717) is 17.5 Å². The standard InChI is InChI=1S/C29H37N5O3/c1-4-33-15-11-20(12-16-33)19-5-7-21(8-6-19)31-28-30-17-23-25(35)24(27(36)37)18-34(26(23)32-28)22-9-13-29(2,3)14-10-22/h5-8,17-18,20,22H,4,9-16H2,1-3H3,(H,36,37)(H,30,31,32). The van der Waals surface area contributed by atoms with Gasteiger partial charge in [0, 0.05) is 24.1 Å². The Morgan fingerprint density at radius 1 is 1.11 bits per heavy atom. The van der Waals surface area contributed by atoms with Crippen LogP contribution in [0.25, 0.3) is 11.0 Å². The summed E-state index contributed by atoms with van der Waals surface area (Å²) in [5.74, 6) is -0.240. The number of carbonyl (C=O) groups is 1. The molecule has 5 rings (SSSR count). The Labute approximate surface area is 217 Å². The van der Waals surface area contributed by atoms with Gasteiger partial charge in [0.15, 0.2) is 0 Å². The van der Waals surface area contributed by atoms with Gasteiger partial charge in [-0.2, -0.15) is 4.98 Å². The lowest BCUT2D eigenvalue weighted by Gasteiger charge is -2.35. The zero-order valence-electron chi connectivity index (χ0n) is 22.0. The molecule has 0 amide bonds. The third-order valence-electron chi connectivity index (χ3n) is 8.38. The number of likely N-dealkylation sites (tertiary alicyclic amines) is 1. The summed E-state index contributed by atoms with van der Waals surface area (Å²) in [4.78, 5) is 36.3. The minimum Gasteiger partial charge on any atom is -0.477 e. The van der Waals surface area contributed by atoms with E-state index in [9.17, 15) is 14.7 Å². The van der Waals surface area contributed by atoms with Gasteiger partial charge in [0.2, 0.25) is 11.4 Å². The average molecular weight is 504 g/mol. The Morgan fingerprint density at radius 2 is 1.78 bits per heavy atom. The molecule has 3 aromatic rings. The second kappa shape index (κ2) is 10.2. The van der Waals surface area contributed by atoms with E-state index < -0.39 is 11.4 Å². The van der Waals surface area contributed by atoms with Crippen molar-refractivity contribution in [2.75, 3.05) is 25.0 Å². The van der Waals surface area contributed by atoms with E-state index in [1.165, 1.54) is 30.8 Å². The number of pyridine rings is 1. The normalized spacial score (nSPS) is 19.2. The third kappa shape index (κ3) is 5.39. The van der Waals surface area contributed by atoms with Gasteiger partial charge < -0.3 is 19.9 Å². The minimum absolute atomic E-state index is 0.0929. The number of carboxylic acids is 1. The number of piperidine rings is 1. The van der Waals surface area contributed by atoms with Crippen molar-refractivity contribution in [2.24, 2.45) is 5.41 Å². The summed E-state index contributed by atoms with van der Waals surface area (Å²) in [6, 6.07) is 8.55. The topological polar surface area (TPSA) is 100 Å². The number of hydrogen-bond acceptors (Lipinski definition) is 6. The van der Waals surface area contributed by atoms with Crippen LogP contribution in [0.2, 0.25) is 0 Å². The molecule has 37 heavy (non-hydrogen) atoms. The number of rotatable bonds is 6. The molecule has 196 valence electrons. The summed E-state index contributed by atoms with van der Waals surface area (Å²) in [5, 5.41) is 13.2. The first-order valence-electron chi connectivity index (χ1n) is 13.5. The molecule has 0 bridgehead atoms. The molecule has 2 aromatic heterocycles. The molecule has 1 aliphatic heterocycles. The Bertz CT molecular complexity index is 1330. The first-order chi connectivity index (χ1) is 17.7. The second-order valence-corrected chi connectivity index (χ2v) is 11.4. The Hall–Kier alpha value is -3.26. The van der Waals surface area contributed by atoms with Gasteiger partial charge in [-0.25, -0.2) is 9.78 Å². The maximum Gasteiger partial charge on any atom is 0.341 e. The number of nitrogens with zero attached hydrogens (tertiary/aromatic N) is 4. The average Bonchev–Trinajstić information content (AvgIpc) is 2.89. The van der Waals surface area contributed by atoms with Crippen LogP contribution >= 0.6 is 0 Å². The highest BCUT2D eigenvalue weighted by molar-refractivity contribution is 5.91. The van der Waals surface area contributed by atoms with E-state index >= 15 is 0 Å². The van der Waals surface area contributed by atoms with E-state index in [-0.39, 0.29) is 22.4 Å². The van der Waals surface area contributed by atoms with Crippen molar-refractivity contribution in [1.29, 1.82) is 0 Å². The van der Waals surface area contributed by atoms with Gasteiger partial charge >= 0.3 is 5.97 Å². The van der Waals surface area contributed by atoms with Gasteiger partial charge in [0.1, 0.15) is 11.2 Å². The monoisotopic (exact) mass is 503 g/mol. The molecule has 1 aliphatic carbocycles. The van der Waals surface area contributed by atoms with Crippen LogP contribution in [0.5, 0.6) is 0 Å². The van der Waals surface area contributed by atoms with Crippen LogP contribution in [0.15, 0.2) is 41.5 Å². The Morgan fingerprint density at radius 3 is 2.41 bits per heavy atom. The van der Waals surface area contributed by atoms with Crippen molar-refractivity contribution >= 4 is 28.6 Å². The molecule has 2 aliphatic rings. The van der Waals surface area contributed by atoms with Gasteiger partial charge in [-0.05, 0) is 87.2 Å². The fraction of sp³-hybridized carbons (Fsp3) is 0.517. The zero-order chi connectivity index (χ0) is 26.2. The lowest BCUT2D eigenvalue weighted by atomic mass is 9.75. The highest BCUT2D eigenvalue weighted by Crippen LogP contribution is 2.41. The number of benzene rings is 1. The first kappa shape index (κ1) is 25.4. The van der Waals surface area contributed by atoms with E-state index in [2.05, 4.69) is 60.2 Å². The molecular formula is C29H37N5O3. The third-order valence-corrected chi connectivity index (χ3v) is 8.38. The summed E-state index contributed by atoms with van der Waals surface area (Å²) >= 11 is 0. The van der Waals surface area contributed by atoms with Crippen molar-refractivity contribution in [3.8, 4) is 0 Å². The van der Waals surface area contributed by atoms with Crippen LogP contribution in [0, 0.1) is 5.41 Å². The predicted molar refractivity (Wildman–Crippen MR) is 146 cm³/mol. The van der Waals surface area contributed by atoms with E-state index in [4.69, 9.17) is 4.98 Å². The van der Waals surface area contributed by atoms with Crippen LogP contribution in [0.3, 0.4) is 0 Å². The Kier molecular flexibility index (Phi) is 7.03. The molecule has 0 radical (unpaired) electrons. The quantitative estimate of drug-likeness (QED) is 0.453. The molecule has 2 N–H and O–H groups in total. The SMILES string of the molecule is CCN1CCC(c2ccc(Nc3ncc4c(=O)c(C(=O)O)cn(C5CCC(C)(C)CC5)c4n3)cc2)CC1. The molecule has 3 heterocycles. The minimum atomic E-state index is -1.22. The molecule has 8 nitrogen and oxygen atoms in total. The van der Waals surface area contributed by atoms with E-state index in [1.54, 1.807) is 0 Å². The van der Waals surface area contributed by atoms with Gasteiger partial charge in [-0.15, -0.1) is 0 Å². The lowest BCUT2D eigenvalue weighted by Crippen LogP contribution is -2.32. The van der Waals surface area contributed by atoms with Gasteiger partial charge in [0.25, 0.3) is 0 Å². The zero-order valence-corrected chi connectivity index (χ0v) is 22.0. The van der Waals surface area contributed by atoms with Crippen LogP contribution in [0.4, 0.5) is 11.6 Å². The van der Waals surface area contributed by atoms with Crippen molar-refractivity contribution < 1.29 is 9.90 Å². The molecule has 1 saturated carbocycles. The van der Waals surface area contributed by atoms with Gasteiger partial charge in [0.05, 0.1) is 5.39 Å². The molecule has 1 saturated heterocycles. The number of fused-ring (bicyclic) bond motifs is 1. The van der Waals surface area contributed by atoms with Crippen molar-refractivity contribution in [3.05, 3.63) is 58.0 Å². The first-order valence-corrected chi connectivity index (χ1v) is 13.5. The summed E-state index contributed by atoms with van der Waals surface area (Å²) in [5.41, 5.74) is 2.21. The highest BCUT2D eigenvalue weighted by Gasteiger charge is 2.29. The van der Waals surface area contributed by atoms with E-state index in [1.807, 2.05) is 4.57 Å². The van der Waals surface area contributed by atoms with Crippen LogP contribution in [-0.2, 0) is 0 Å². The van der Waals surface area contributed by atoms with Gasteiger partial charge in [-0.3, -0.25) is 4.79 Å². The lowest BCUT2D eigenvalue weighted by molar-refractivity contribution is 0.0694. The molecule has 0 unspecified atom stereocenters. The van der Waals surface area contributed by atoms with Crippen molar-refractivity contribution in [3.63, 3.8) is 0 Å². The maximum atomic E-state index is 12.9. The summed E-state index contributed by atoms with van der Waals surface area (Å²) in [6.07, 6.45) is 9.20. The maximum absolute atomic E-state index is 12.9. The second-order valence-electron chi connectivity index (χ2n) is 11.4. The van der Waals surface area contributed by atoms with Crippen LogP contribution < -0.4 is 10.7 Å². The molecule has 0 spiro atoms. The molecular weight excluding hydrogens is 466 g/mol. The summed E-state index contributed by atoms with van der Waals surface area (Å²) < 4.78 is 1.90. The number of nitrogens with one attached hydrogen (secondary N) is 1. The van der Waals surface area contributed by atoms with Crippen molar-refractivity contribution in [2.45, 2.75) is 71.3 Å². The Balaban J connectivity index is 1.42. The number of aromatic carboxylic acids is 1. The van der Waals surface area contributed by atoms with Crippen LogP contribution in [-0.4, -0.2) is 50.1 Å². The van der Waals surface area contributed by atoms with E-state index in [0.717, 1.165) is 51.0 Å². The number of anilines is 2. The fourth-order valence-corrected chi connectivity index (χ4v) is 5.84. The molecule has 8 heteroatoms. The molecule has 0 atom stereocenters. The summed E-state index contributed by atoms with van der Waals surface area (Å²) in [6.45, 7) is 10.2. The predicted octanol–water partition coefficient (Wildman–Crippen LogP) is 5.57. The number of hydrogen-bond donors (Lipinski definition) is 2.